The smallest absolute Gasteiger partial charge is 0.272 e. The van der Waals surface area contributed by atoms with Gasteiger partial charge >= 0.3 is 0 Å². The fourth-order valence-corrected chi connectivity index (χ4v) is 2.37. The van der Waals surface area contributed by atoms with E-state index in [1.165, 1.54) is 6.07 Å². The van der Waals surface area contributed by atoms with Crippen molar-refractivity contribution in [2.24, 2.45) is 0 Å². The summed E-state index contributed by atoms with van der Waals surface area (Å²) in [5.41, 5.74) is -0.299. The number of fused-ring (bicyclic) bond motifs is 1. The Morgan fingerprint density at radius 1 is 1.14 bits per heavy atom. The van der Waals surface area contributed by atoms with Gasteiger partial charge in [-0.1, -0.05) is 6.07 Å². The summed E-state index contributed by atoms with van der Waals surface area (Å²) >= 11 is 3.24. The molecule has 4 N–H and O–H groups in total. The van der Waals surface area contributed by atoms with Crippen molar-refractivity contribution in [3.05, 3.63) is 61.3 Å². The largest absolute Gasteiger partial charge is 0.356 e. The minimum absolute atomic E-state index is 0.139. The molecule has 0 spiro atoms. The summed E-state index contributed by atoms with van der Waals surface area (Å²) in [7, 11) is 0. The van der Waals surface area contributed by atoms with Gasteiger partial charge in [-0.25, -0.2) is 0 Å². The van der Waals surface area contributed by atoms with E-state index >= 15 is 0 Å². The molecular formula is C13H9BrN4O3. The second-order valence-corrected chi connectivity index (χ2v) is 5.24. The third-order valence-corrected chi connectivity index (χ3v) is 3.42. The van der Waals surface area contributed by atoms with Gasteiger partial charge < -0.3 is 10.3 Å². The van der Waals surface area contributed by atoms with Crippen LogP contribution < -0.4 is 16.4 Å². The number of anilines is 1. The first-order valence-electron chi connectivity index (χ1n) is 5.95. The molecule has 7 nitrogen and oxygen atoms in total. The number of carbonyl (C=O) groups is 1. The highest BCUT2D eigenvalue weighted by Gasteiger charge is 2.13. The van der Waals surface area contributed by atoms with Gasteiger partial charge in [-0.2, -0.15) is 0 Å². The number of hydrogen-bond donors (Lipinski definition) is 4. The van der Waals surface area contributed by atoms with Gasteiger partial charge in [0, 0.05) is 10.7 Å². The Morgan fingerprint density at radius 2 is 1.90 bits per heavy atom. The number of carbonyl (C=O) groups excluding carboxylic acids is 1. The number of amides is 1. The SMILES string of the molecule is O=C(Nc1cccc2c(=O)[nH][nH]c(=O)c12)c1cc(Br)c[nH]1. The molecule has 0 atom stereocenters. The zero-order valence-electron chi connectivity index (χ0n) is 10.5. The van der Waals surface area contributed by atoms with Gasteiger partial charge in [0.1, 0.15) is 5.69 Å². The quantitative estimate of drug-likeness (QED) is 0.563. The van der Waals surface area contributed by atoms with Crippen molar-refractivity contribution in [1.29, 1.82) is 0 Å². The Bertz CT molecular complexity index is 954. The summed E-state index contributed by atoms with van der Waals surface area (Å²) in [5, 5.41) is 7.45. The van der Waals surface area contributed by atoms with Crippen molar-refractivity contribution in [3.8, 4) is 0 Å². The lowest BCUT2D eigenvalue weighted by Gasteiger charge is -2.06. The van der Waals surface area contributed by atoms with Gasteiger partial charge in [0.2, 0.25) is 0 Å². The molecule has 0 bridgehead atoms. The van der Waals surface area contributed by atoms with Crippen LogP contribution in [0.2, 0.25) is 0 Å². The fourth-order valence-electron chi connectivity index (χ4n) is 2.02. The minimum Gasteiger partial charge on any atom is -0.356 e. The van der Waals surface area contributed by atoms with Crippen LogP contribution >= 0.6 is 15.9 Å². The molecule has 21 heavy (non-hydrogen) atoms. The normalized spacial score (nSPS) is 10.7. The number of hydrogen-bond acceptors (Lipinski definition) is 3. The Hall–Kier alpha value is -2.61. The molecule has 2 heterocycles. The van der Waals surface area contributed by atoms with Crippen molar-refractivity contribution in [1.82, 2.24) is 15.2 Å². The number of rotatable bonds is 2. The Labute approximate surface area is 125 Å². The Balaban J connectivity index is 2.09. The summed E-state index contributed by atoms with van der Waals surface area (Å²) in [5.74, 6) is -0.409. The molecule has 2 aromatic heterocycles. The molecule has 8 heteroatoms. The van der Waals surface area contributed by atoms with Crippen molar-refractivity contribution in [3.63, 3.8) is 0 Å². The van der Waals surface area contributed by atoms with E-state index in [2.05, 4.69) is 36.4 Å². The number of nitrogens with one attached hydrogen (secondary N) is 4. The first kappa shape index (κ1) is 13.4. The molecule has 3 rings (SSSR count). The van der Waals surface area contributed by atoms with E-state index in [1.807, 2.05) is 0 Å². The average Bonchev–Trinajstić information content (AvgIpc) is 2.90. The molecule has 0 aliphatic heterocycles. The van der Waals surface area contributed by atoms with E-state index in [0.29, 0.717) is 5.69 Å². The molecule has 1 aromatic carbocycles. The number of benzene rings is 1. The minimum atomic E-state index is -0.479. The highest BCUT2D eigenvalue weighted by Crippen LogP contribution is 2.18. The number of aromatic amines is 3. The van der Waals surface area contributed by atoms with Crippen LogP contribution in [0.1, 0.15) is 10.5 Å². The summed E-state index contributed by atoms with van der Waals surface area (Å²) in [6.45, 7) is 0. The summed E-state index contributed by atoms with van der Waals surface area (Å²) in [6.07, 6.45) is 1.62. The standard InChI is InChI=1S/C13H9BrN4O3/c14-6-4-9(15-5-6)12(20)16-8-3-1-2-7-10(8)13(21)18-17-11(7)19/h1-5,15H,(H,16,20)(H,17,19)(H,18,21). The van der Waals surface area contributed by atoms with Gasteiger partial charge in [-0.3, -0.25) is 24.6 Å². The molecule has 0 fully saturated rings. The molecule has 0 aliphatic carbocycles. The van der Waals surface area contributed by atoms with E-state index in [4.69, 9.17) is 0 Å². The van der Waals surface area contributed by atoms with E-state index in [9.17, 15) is 14.4 Å². The van der Waals surface area contributed by atoms with E-state index in [0.717, 1.165) is 4.47 Å². The molecule has 3 aromatic rings. The zero-order valence-corrected chi connectivity index (χ0v) is 12.1. The van der Waals surface area contributed by atoms with E-state index in [1.54, 1.807) is 24.4 Å². The molecule has 0 radical (unpaired) electrons. The molecular weight excluding hydrogens is 340 g/mol. The van der Waals surface area contributed by atoms with Gasteiger partial charge in [-0.15, -0.1) is 0 Å². The second-order valence-electron chi connectivity index (χ2n) is 4.32. The van der Waals surface area contributed by atoms with Crippen LogP contribution in [-0.2, 0) is 0 Å². The molecule has 0 saturated heterocycles. The van der Waals surface area contributed by atoms with Crippen LogP contribution in [0.3, 0.4) is 0 Å². The molecule has 106 valence electrons. The van der Waals surface area contributed by atoms with E-state index in [-0.39, 0.29) is 16.5 Å². The van der Waals surface area contributed by atoms with Gasteiger partial charge in [0.15, 0.2) is 0 Å². The zero-order chi connectivity index (χ0) is 15.0. The van der Waals surface area contributed by atoms with Crippen LogP contribution in [0.15, 0.2) is 44.5 Å². The van der Waals surface area contributed by atoms with Gasteiger partial charge in [-0.05, 0) is 34.1 Å². The maximum Gasteiger partial charge on any atom is 0.272 e. The highest BCUT2D eigenvalue weighted by atomic mass is 79.9. The first-order chi connectivity index (χ1) is 10.1. The van der Waals surface area contributed by atoms with Crippen molar-refractivity contribution in [2.45, 2.75) is 0 Å². The third kappa shape index (κ3) is 2.40. The number of halogens is 1. The van der Waals surface area contributed by atoms with E-state index < -0.39 is 17.0 Å². The lowest BCUT2D eigenvalue weighted by atomic mass is 10.1. The molecule has 0 aliphatic rings. The highest BCUT2D eigenvalue weighted by molar-refractivity contribution is 9.10. The maximum absolute atomic E-state index is 12.1. The number of H-pyrrole nitrogens is 3. The van der Waals surface area contributed by atoms with Crippen molar-refractivity contribution in [2.75, 3.05) is 5.32 Å². The predicted octanol–water partition coefficient (Wildman–Crippen LogP) is 1.56. The van der Waals surface area contributed by atoms with Crippen LogP contribution in [-0.4, -0.2) is 21.1 Å². The maximum atomic E-state index is 12.1. The van der Waals surface area contributed by atoms with Crippen molar-refractivity contribution >= 4 is 38.3 Å². The average molecular weight is 349 g/mol. The van der Waals surface area contributed by atoms with Crippen LogP contribution in [0.25, 0.3) is 10.8 Å². The molecule has 0 saturated carbocycles. The topological polar surface area (TPSA) is 111 Å². The van der Waals surface area contributed by atoms with Gasteiger partial charge in [0.25, 0.3) is 17.0 Å². The monoisotopic (exact) mass is 348 g/mol. The predicted molar refractivity (Wildman–Crippen MR) is 81.6 cm³/mol. The van der Waals surface area contributed by atoms with Gasteiger partial charge in [0.05, 0.1) is 16.5 Å². The summed E-state index contributed by atoms with van der Waals surface area (Å²) in [4.78, 5) is 38.5. The first-order valence-corrected chi connectivity index (χ1v) is 6.74. The van der Waals surface area contributed by atoms with Crippen LogP contribution in [0, 0.1) is 0 Å². The fraction of sp³-hybridized carbons (Fsp3) is 0. The number of aromatic nitrogens is 3. The lowest BCUT2D eigenvalue weighted by molar-refractivity contribution is 0.102. The second kappa shape index (κ2) is 5.06. The van der Waals surface area contributed by atoms with Crippen LogP contribution in [0.5, 0.6) is 0 Å². The Kier molecular flexibility index (Phi) is 3.22. The van der Waals surface area contributed by atoms with Crippen LogP contribution in [0.4, 0.5) is 5.69 Å². The Morgan fingerprint density at radius 3 is 2.62 bits per heavy atom. The summed E-state index contributed by atoms with van der Waals surface area (Å²) < 4.78 is 0.736. The molecule has 1 amide bonds. The van der Waals surface area contributed by atoms with Crippen molar-refractivity contribution < 1.29 is 4.79 Å². The summed E-state index contributed by atoms with van der Waals surface area (Å²) in [6, 6.07) is 6.28. The lowest BCUT2D eigenvalue weighted by Crippen LogP contribution is -2.21. The molecule has 0 unspecified atom stereocenters. The third-order valence-electron chi connectivity index (χ3n) is 2.97.